The van der Waals surface area contributed by atoms with Gasteiger partial charge in [-0.1, -0.05) is 23.5 Å². The first-order valence-corrected chi connectivity index (χ1v) is 5.39. The van der Waals surface area contributed by atoms with E-state index in [9.17, 15) is 0 Å². The second kappa shape index (κ2) is 4.04. The summed E-state index contributed by atoms with van der Waals surface area (Å²) in [5.74, 6) is 0.826. The Morgan fingerprint density at radius 2 is 2.58 bits per heavy atom. The van der Waals surface area contributed by atoms with Gasteiger partial charge in [-0.2, -0.15) is 0 Å². The molecule has 1 atom stereocenters. The van der Waals surface area contributed by atoms with E-state index in [1.165, 1.54) is 11.8 Å². The van der Waals surface area contributed by atoms with Gasteiger partial charge in [0.2, 0.25) is 0 Å². The fourth-order valence-electron chi connectivity index (χ4n) is 0.943. The molecule has 0 saturated carbocycles. The van der Waals surface area contributed by atoms with Crippen LogP contribution in [0.2, 0.25) is 0 Å². The molecule has 0 amide bonds. The second-order valence-electron chi connectivity index (χ2n) is 2.60. The quantitative estimate of drug-likeness (QED) is 0.454. The zero-order valence-electron chi connectivity index (χ0n) is 6.83. The number of nitrogens with two attached hydrogens (primary N) is 1. The Labute approximate surface area is 80.3 Å². The minimum Gasteiger partial charge on any atom is -0.379 e. The first kappa shape index (κ1) is 9.73. The Bertz CT molecular complexity index is 206. The number of nitrogens with zero attached hydrogens (tertiary/aromatic N) is 1. The van der Waals surface area contributed by atoms with Crippen LogP contribution in [0, 0.1) is 10.8 Å². The summed E-state index contributed by atoms with van der Waals surface area (Å²) in [6.45, 7) is 0.893. The van der Waals surface area contributed by atoms with Gasteiger partial charge < -0.3 is 10.6 Å². The molecule has 1 aliphatic rings. The Hall–Kier alpha value is -0.360. The van der Waals surface area contributed by atoms with Gasteiger partial charge in [-0.05, 0) is 0 Å². The van der Waals surface area contributed by atoms with E-state index in [1.807, 2.05) is 11.9 Å². The molecule has 68 valence electrons. The van der Waals surface area contributed by atoms with Crippen LogP contribution in [0.3, 0.4) is 0 Å². The minimum absolute atomic E-state index is 0.164. The smallest absolute Gasteiger partial charge is 0.156 e. The summed E-state index contributed by atoms with van der Waals surface area (Å²) in [7, 11) is 1.91. The number of hydrogen-bond donors (Lipinski definition) is 3. The molecule has 0 unspecified atom stereocenters. The monoisotopic (exact) mass is 204 g/mol. The van der Waals surface area contributed by atoms with Crippen molar-refractivity contribution in [1.29, 1.82) is 10.8 Å². The zero-order valence-corrected chi connectivity index (χ0v) is 8.47. The van der Waals surface area contributed by atoms with E-state index in [0.29, 0.717) is 10.4 Å². The maximum atomic E-state index is 7.47. The van der Waals surface area contributed by atoms with Crippen molar-refractivity contribution in [2.24, 2.45) is 5.73 Å². The predicted molar refractivity (Wildman–Crippen MR) is 56.1 cm³/mol. The number of hydrogen-bond acceptors (Lipinski definition) is 4. The Morgan fingerprint density at radius 3 is 3.00 bits per heavy atom. The molecule has 0 aliphatic carbocycles. The van der Waals surface area contributed by atoms with Crippen molar-refractivity contribution >= 4 is 33.9 Å². The number of thioether (sulfide) groups is 2. The predicted octanol–water partition coefficient (Wildman–Crippen LogP) is 0.595. The molecule has 12 heavy (non-hydrogen) atoms. The average Bonchev–Trinajstić information content (AvgIpc) is 2.28. The van der Waals surface area contributed by atoms with E-state index in [2.05, 4.69) is 0 Å². The number of rotatable bonds is 2. The van der Waals surface area contributed by atoms with Gasteiger partial charge in [0, 0.05) is 24.6 Å². The Balaban J connectivity index is 2.28. The van der Waals surface area contributed by atoms with Crippen molar-refractivity contribution in [3.05, 3.63) is 0 Å². The molecule has 1 saturated heterocycles. The van der Waals surface area contributed by atoms with Gasteiger partial charge in [-0.3, -0.25) is 10.8 Å². The summed E-state index contributed by atoms with van der Waals surface area (Å²) in [5, 5.41) is 15.7. The highest BCUT2D eigenvalue weighted by atomic mass is 32.2. The maximum Gasteiger partial charge on any atom is 0.156 e. The van der Waals surface area contributed by atoms with Crippen LogP contribution in [0.15, 0.2) is 0 Å². The number of nitrogens with one attached hydrogen (secondary N) is 2. The van der Waals surface area contributed by atoms with E-state index in [1.54, 1.807) is 11.8 Å². The molecule has 4 nitrogen and oxygen atoms in total. The van der Waals surface area contributed by atoms with E-state index < -0.39 is 0 Å². The fraction of sp³-hybridized carbons (Fsp3) is 0.667. The largest absolute Gasteiger partial charge is 0.379 e. The van der Waals surface area contributed by atoms with Gasteiger partial charge in [0.1, 0.15) is 0 Å². The van der Waals surface area contributed by atoms with Gasteiger partial charge in [-0.25, -0.2) is 0 Å². The highest BCUT2D eigenvalue weighted by Crippen LogP contribution is 2.25. The van der Waals surface area contributed by atoms with Crippen LogP contribution in [0.4, 0.5) is 0 Å². The lowest BCUT2D eigenvalue weighted by Gasteiger charge is -2.08. The summed E-state index contributed by atoms with van der Waals surface area (Å²) in [4.78, 5) is 1.91. The molecular weight excluding hydrogens is 192 g/mol. The van der Waals surface area contributed by atoms with Crippen LogP contribution in [-0.2, 0) is 0 Å². The normalized spacial score (nSPS) is 23.2. The maximum absolute atomic E-state index is 7.47. The van der Waals surface area contributed by atoms with E-state index in [4.69, 9.17) is 16.6 Å². The molecule has 0 spiro atoms. The Morgan fingerprint density at radius 1 is 1.92 bits per heavy atom. The van der Waals surface area contributed by atoms with E-state index in [-0.39, 0.29) is 5.17 Å². The zero-order chi connectivity index (χ0) is 9.14. The van der Waals surface area contributed by atoms with E-state index >= 15 is 0 Å². The number of amidine groups is 2. The van der Waals surface area contributed by atoms with Crippen molar-refractivity contribution in [2.75, 3.05) is 19.3 Å². The van der Waals surface area contributed by atoms with Gasteiger partial charge in [0.25, 0.3) is 0 Å². The summed E-state index contributed by atoms with van der Waals surface area (Å²) >= 11 is 2.90. The van der Waals surface area contributed by atoms with Gasteiger partial charge in [0.05, 0.1) is 0 Å². The molecule has 0 aromatic carbocycles. The standard InChI is InChI=1S/C6H12N4S2/c1-10-2-4(12-6(10)9)3-11-5(7)8/h4,9H,2-3H2,1H3,(H3,7,8)/t4-/m1/s1. The van der Waals surface area contributed by atoms with Gasteiger partial charge in [-0.15, -0.1) is 0 Å². The molecule has 1 aliphatic heterocycles. The Kier molecular flexibility index (Phi) is 3.28. The van der Waals surface area contributed by atoms with Crippen molar-refractivity contribution in [1.82, 2.24) is 4.90 Å². The van der Waals surface area contributed by atoms with Crippen LogP contribution < -0.4 is 5.73 Å². The van der Waals surface area contributed by atoms with Crippen LogP contribution in [0.1, 0.15) is 0 Å². The lowest BCUT2D eigenvalue weighted by Crippen LogP contribution is -2.21. The lowest BCUT2D eigenvalue weighted by atomic mass is 10.4. The first-order valence-electron chi connectivity index (χ1n) is 3.52. The van der Waals surface area contributed by atoms with Crippen molar-refractivity contribution in [3.63, 3.8) is 0 Å². The fourth-order valence-corrected chi connectivity index (χ4v) is 2.76. The van der Waals surface area contributed by atoms with Crippen molar-refractivity contribution in [2.45, 2.75) is 5.25 Å². The van der Waals surface area contributed by atoms with Crippen molar-refractivity contribution < 1.29 is 0 Å². The summed E-state index contributed by atoms with van der Waals surface area (Å²) in [6, 6.07) is 0. The molecule has 4 N–H and O–H groups in total. The molecular formula is C6H12N4S2. The van der Waals surface area contributed by atoms with Crippen molar-refractivity contribution in [3.8, 4) is 0 Å². The van der Waals surface area contributed by atoms with Gasteiger partial charge in [0.15, 0.2) is 10.3 Å². The third kappa shape index (κ3) is 2.60. The molecule has 0 bridgehead atoms. The molecule has 1 rings (SSSR count). The molecule has 1 heterocycles. The summed E-state index contributed by atoms with van der Waals surface area (Å²) < 4.78 is 0. The molecule has 0 aromatic heterocycles. The second-order valence-corrected chi connectivity index (χ2v) is 4.95. The lowest BCUT2D eigenvalue weighted by molar-refractivity contribution is 0.532. The minimum atomic E-state index is 0.164. The average molecular weight is 204 g/mol. The molecule has 0 aromatic rings. The molecule has 0 radical (unpaired) electrons. The van der Waals surface area contributed by atoms with Crippen LogP contribution in [0.25, 0.3) is 0 Å². The highest BCUT2D eigenvalue weighted by Gasteiger charge is 2.24. The van der Waals surface area contributed by atoms with E-state index in [0.717, 1.165) is 12.3 Å². The van der Waals surface area contributed by atoms with Crippen LogP contribution in [0.5, 0.6) is 0 Å². The summed E-state index contributed by atoms with van der Waals surface area (Å²) in [5.41, 5.74) is 5.21. The summed E-state index contributed by atoms with van der Waals surface area (Å²) in [6.07, 6.45) is 0. The third-order valence-corrected chi connectivity index (χ3v) is 3.80. The highest BCUT2D eigenvalue weighted by molar-refractivity contribution is 8.17. The first-order chi connectivity index (χ1) is 5.59. The topological polar surface area (TPSA) is 77.0 Å². The molecule has 6 heteroatoms. The SMILES string of the molecule is CN1C[C@H](CSC(=N)N)SC1=N. The molecule has 1 fully saturated rings. The third-order valence-electron chi connectivity index (χ3n) is 1.53. The van der Waals surface area contributed by atoms with Gasteiger partial charge >= 0.3 is 0 Å². The van der Waals surface area contributed by atoms with Crippen LogP contribution in [-0.4, -0.2) is 39.8 Å². The van der Waals surface area contributed by atoms with Crippen LogP contribution >= 0.6 is 23.5 Å².